The van der Waals surface area contributed by atoms with Crippen molar-refractivity contribution >= 4 is 5.91 Å². The number of aliphatic hydroxyl groups excluding tert-OH is 1. The van der Waals surface area contributed by atoms with Gasteiger partial charge in [0.15, 0.2) is 0 Å². The number of nitrogens with two attached hydrogens (primary N) is 1. The standard InChI is InChI=1S/C18H21NO3/c1-22-16-8-6-13(7-9-16)14(10-11-20)12-15-4-2-3-5-17(15)18(19)21/h2-9,14,20H,10-12H2,1H3,(H2,19,21). The molecule has 1 amide bonds. The van der Waals surface area contributed by atoms with Gasteiger partial charge in [0.1, 0.15) is 5.75 Å². The Morgan fingerprint density at radius 2 is 1.86 bits per heavy atom. The summed E-state index contributed by atoms with van der Waals surface area (Å²) in [6, 6.07) is 15.1. The molecule has 116 valence electrons. The van der Waals surface area contributed by atoms with Crippen molar-refractivity contribution in [2.24, 2.45) is 5.73 Å². The first kappa shape index (κ1) is 16.0. The summed E-state index contributed by atoms with van der Waals surface area (Å²) in [5.74, 6) is 0.494. The number of aliphatic hydroxyl groups is 1. The molecule has 1 atom stereocenters. The summed E-state index contributed by atoms with van der Waals surface area (Å²) in [4.78, 5) is 11.5. The maximum Gasteiger partial charge on any atom is 0.248 e. The van der Waals surface area contributed by atoms with Crippen LogP contribution in [0.25, 0.3) is 0 Å². The Morgan fingerprint density at radius 1 is 1.18 bits per heavy atom. The molecule has 0 spiro atoms. The van der Waals surface area contributed by atoms with E-state index in [0.717, 1.165) is 16.9 Å². The third kappa shape index (κ3) is 3.86. The van der Waals surface area contributed by atoms with Crippen molar-refractivity contribution in [3.8, 4) is 5.75 Å². The molecule has 0 saturated heterocycles. The molecule has 0 fully saturated rings. The van der Waals surface area contributed by atoms with E-state index in [0.29, 0.717) is 18.4 Å². The van der Waals surface area contributed by atoms with E-state index in [1.165, 1.54) is 0 Å². The Hall–Kier alpha value is -2.33. The Kier molecular flexibility index (Phi) is 5.55. The molecule has 4 heteroatoms. The van der Waals surface area contributed by atoms with Crippen LogP contribution in [0, 0.1) is 0 Å². The first-order valence-corrected chi connectivity index (χ1v) is 7.28. The number of hydrogen-bond acceptors (Lipinski definition) is 3. The third-order valence-electron chi connectivity index (χ3n) is 3.81. The molecule has 3 N–H and O–H groups in total. The Bertz CT molecular complexity index is 622. The molecular weight excluding hydrogens is 278 g/mol. The van der Waals surface area contributed by atoms with Crippen LogP contribution in [-0.2, 0) is 6.42 Å². The van der Waals surface area contributed by atoms with Gasteiger partial charge in [-0.15, -0.1) is 0 Å². The molecule has 0 heterocycles. The minimum Gasteiger partial charge on any atom is -0.497 e. The number of carbonyl (C=O) groups excluding carboxylic acids is 1. The first-order valence-electron chi connectivity index (χ1n) is 7.28. The molecule has 0 radical (unpaired) electrons. The van der Waals surface area contributed by atoms with E-state index in [1.807, 2.05) is 36.4 Å². The Morgan fingerprint density at radius 3 is 2.45 bits per heavy atom. The maximum atomic E-state index is 11.5. The van der Waals surface area contributed by atoms with Gasteiger partial charge in [-0.1, -0.05) is 30.3 Å². The molecule has 2 aromatic carbocycles. The van der Waals surface area contributed by atoms with Crippen molar-refractivity contribution < 1.29 is 14.6 Å². The molecule has 0 aromatic heterocycles. The lowest BCUT2D eigenvalue weighted by molar-refractivity contribution is 0.0999. The number of carbonyl (C=O) groups is 1. The number of amides is 1. The van der Waals surface area contributed by atoms with Gasteiger partial charge < -0.3 is 15.6 Å². The fraction of sp³-hybridized carbons (Fsp3) is 0.278. The molecule has 2 rings (SSSR count). The summed E-state index contributed by atoms with van der Waals surface area (Å²) in [5.41, 5.74) is 7.99. The lowest BCUT2D eigenvalue weighted by Gasteiger charge is -2.18. The molecule has 0 saturated carbocycles. The molecule has 4 nitrogen and oxygen atoms in total. The SMILES string of the molecule is COc1ccc(C(CCO)Cc2ccccc2C(N)=O)cc1. The summed E-state index contributed by atoms with van der Waals surface area (Å²) in [7, 11) is 1.63. The average molecular weight is 299 g/mol. The Balaban J connectivity index is 2.26. The van der Waals surface area contributed by atoms with Crippen molar-refractivity contribution in [1.29, 1.82) is 0 Å². The van der Waals surface area contributed by atoms with Crippen molar-refractivity contribution in [2.75, 3.05) is 13.7 Å². The number of rotatable bonds is 7. The monoisotopic (exact) mass is 299 g/mol. The second-order valence-corrected chi connectivity index (χ2v) is 5.21. The fourth-order valence-corrected chi connectivity index (χ4v) is 2.62. The lowest BCUT2D eigenvalue weighted by atomic mass is 9.87. The van der Waals surface area contributed by atoms with Crippen LogP contribution >= 0.6 is 0 Å². The van der Waals surface area contributed by atoms with Crippen LogP contribution in [-0.4, -0.2) is 24.7 Å². The van der Waals surface area contributed by atoms with Crippen molar-refractivity contribution in [1.82, 2.24) is 0 Å². The molecule has 22 heavy (non-hydrogen) atoms. The minimum atomic E-state index is -0.423. The highest BCUT2D eigenvalue weighted by atomic mass is 16.5. The number of methoxy groups -OCH3 is 1. The topological polar surface area (TPSA) is 72.6 Å². The number of benzene rings is 2. The van der Waals surface area contributed by atoms with Crippen LogP contribution < -0.4 is 10.5 Å². The second-order valence-electron chi connectivity index (χ2n) is 5.21. The van der Waals surface area contributed by atoms with E-state index >= 15 is 0 Å². The predicted octanol–water partition coefficient (Wildman–Crippen LogP) is 2.50. The van der Waals surface area contributed by atoms with E-state index in [2.05, 4.69) is 0 Å². The van der Waals surface area contributed by atoms with Gasteiger partial charge in [-0.25, -0.2) is 0 Å². The fourth-order valence-electron chi connectivity index (χ4n) is 2.62. The molecule has 0 aliphatic rings. The van der Waals surface area contributed by atoms with Gasteiger partial charge in [-0.3, -0.25) is 4.79 Å². The van der Waals surface area contributed by atoms with Crippen molar-refractivity contribution in [3.63, 3.8) is 0 Å². The zero-order chi connectivity index (χ0) is 15.9. The summed E-state index contributed by atoms with van der Waals surface area (Å²) >= 11 is 0. The number of ether oxygens (including phenoxy) is 1. The Labute approximate surface area is 130 Å². The summed E-state index contributed by atoms with van der Waals surface area (Å²) in [6.07, 6.45) is 1.28. The normalized spacial score (nSPS) is 11.9. The predicted molar refractivity (Wildman–Crippen MR) is 86.1 cm³/mol. The highest BCUT2D eigenvalue weighted by Crippen LogP contribution is 2.27. The third-order valence-corrected chi connectivity index (χ3v) is 3.81. The largest absolute Gasteiger partial charge is 0.497 e. The first-order chi connectivity index (χ1) is 10.7. The molecule has 0 aliphatic carbocycles. The number of primary amides is 1. The summed E-state index contributed by atoms with van der Waals surface area (Å²) in [5, 5.41) is 9.34. The maximum absolute atomic E-state index is 11.5. The van der Waals surface area contributed by atoms with Crippen molar-refractivity contribution in [3.05, 3.63) is 65.2 Å². The van der Waals surface area contributed by atoms with E-state index in [9.17, 15) is 9.90 Å². The van der Waals surface area contributed by atoms with Gasteiger partial charge in [0.25, 0.3) is 0 Å². The zero-order valence-electron chi connectivity index (χ0n) is 12.7. The number of hydrogen-bond donors (Lipinski definition) is 2. The molecular formula is C18H21NO3. The quantitative estimate of drug-likeness (QED) is 0.825. The second kappa shape index (κ2) is 7.61. The lowest BCUT2D eigenvalue weighted by Crippen LogP contribution is -2.15. The average Bonchev–Trinajstić information content (AvgIpc) is 2.55. The zero-order valence-corrected chi connectivity index (χ0v) is 12.7. The van der Waals surface area contributed by atoms with Gasteiger partial charge in [0.2, 0.25) is 5.91 Å². The van der Waals surface area contributed by atoms with Crippen LogP contribution in [0.4, 0.5) is 0 Å². The van der Waals surface area contributed by atoms with Gasteiger partial charge in [0, 0.05) is 12.2 Å². The highest BCUT2D eigenvalue weighted by molar-refractivity contribution is 5.94. The van der Waals surface area contributed by atoms with E-state index in [-0.39, 0.29) is 12.5 Å². The summed E-state index contributed by atoms with van der Waals surface area (Å²) in [6.45, 7) is 0.0927. The highest BCUT2D eigenvalue weighted by Gasteiger charge is 2.16. The smallest absolute Gasteiger partial charge is 0.248 e. The van der Waals surface area contributed by atoms with E-state index in [1.54, 1.807) is 19.2 Å². The van der Waals surface area contributed by atoms with Gasteiger partial charge >= 0.3 is 0 Å². The molecule has 2 aromatic rings. The molecule has 0 bridgehead atoms. The van der Waals surface area contributed by atoms with Crippen LogP contribution in [0.3, 0.4) is 0 Å². The van der Waals surface area contributed by atoms with Crippen molar-refractivity contribution in [2.45, 2.75) is 18.8 Å². The van der Waals surface area contributed by atoms with Gasteiger partial charge in [0.05, 0.1) is 7.11 Å². The molecule has 0 aliphatic heterocycles. The van der Waals surface area contributed by atoms with Crippen LogP contribution in [0.1, 0.15) is 33.8 Å². The van der Waals surface area contributed by atoms with E-state index < -0.39 is 5.91 Å². The van der Waals surface area contributed by atoms with Crippen LogP contribution in [0.5, 0.6) is 5.75 Å². The van der Waals surface area contributed by atoms with E-state index in [4.69, 9.17) is 10.5 Å². The minimum absolute atomic E-state index is 0.0927. The van der Waals surface area contributed by atoms with Gasteiger partial charge in [-0.05, 0) is 48.1 Å². The van der Waals surface area contributed by atoms with Gasteiger partial charge in [-0.2, -0.15) is 0 Å². The van der Waals surface area contributed by atoms with Crippen LogP contribution in [0.2, 0.25) is 0 Å². The summed E-state index contributed by atoms with van der Waals surface area (Å²) < 4.78 is 5.17. The molecule has 1 unspecified atom stereocenters. The van der Waals surface area contributed by atoms with Crippen LogP contribution in [0.15, 0.2) is 48.5 Å².